The summed E-state index contributed by atoms with van der Waals surface area (Å²) >= 11 is 0. The van der Waals surface area contributed by atoms with Gasteiger partial charge in [0.2, 0.25) is 15.9 Å². The molecule has 0 saturated heterocycles. The molecule has 7 nitrogen and oxygen atoms in total. The van der Waals surface area contributed by atoms with Gasteiger partial charge in [0, 0.05) is 18.7 Å². The summed E-state index contributed by atoms with van der Waals surface area (Å²) in [5.41, 5.74) is 1.00. The van der Waals surface area contributed by atoms with Gasteiger partial charge < -0.3 is 14.8 Å². The number of hydrogen-bond donors (Lipinski definition) is 1. The number of nitrogens with one attached hydrogen (secondary N) is 1. The number of ether oxygens (including phenoxy) is 2. The summed E-state index contributed by atoms with van der Waals surface area (Å²) in [4.78, 5) is 12.4. The van der Waals surface area contributed by atoms with Crippen molar-refractivity contribution >= 4 is 15.9 Å². The number of carbonyl (C=O) groups is 1. The van der Waals surface area contributed by atoms with Crippen molar-refractivity contribution in [1.29, 1.82) is 0 Å². The fourth-order valence-corrected chi connectivity index (χ4v) is 4.38. The van der Waals surface area contributed by atoms with Crippen LogP contribution in [0.15, 0.2) is 53.4 Å². The highest BCUT2D eigenvalue weighted by Gasteiger charge is 2.30. The van der Waals surface area contributed by atoms with Crippen LogP contribution in [0.5, 0.6) is 11.5 Å². The molecule has 0 unspecified atom stereocenters. The lowest BCUT2D eigenvalue weighted by molar-refractivity contribution is -0.121. The van der Waals surface area contributed by atoms with Gasteiger partial charge in [-0.3, -0.25) is 4.79 Å². The van der Waals surface area contributed by atoms with Crippen molar-refractivity contribution in [2.45, 2.75) is 30.2 Å². The molecule has 8 heteroatoms. The van der Waals surface area contributed by atoms with Gasteiger partial charge in [0.1, 0.15) is 0 Å². The van der Waals surface area contributed by atoms with E-state index in [0.29, 0.717) is 17.9 Å². The fourth-order valence-electron chi connectivity index (χ4n) is 2.97. The second-order valence-electron chi connectivity index (χ2n) is 6.93. The zero-order chi connectivity index (χ0) is 20.9. The first-order chi connectivity index (χ1) is 13.9. The first kappa shape index (κ1) is 21.1. The Morgan fingerprint density at radius 2 is 1.76 bits per heavy atom. The molecule has 1 saturated carbocycles. The Labute approximate surface area is 171 Å². The molecule has 0 atom stereocenters. The van der Waals surface area contributed by atoms with Crippen LogP contribution in [0.1, 0.15) is 18.4 Å². The lowest BCUT2D eigenvalue weighted by atomic mass is 10.1. The minimum Gasteiger partial charge on any atom is -0.493 e. The number of rotatable bonds is 10. The van der Waals surface area contributed by atoms with Gasteiger partial charge in [0.25, 0.3) is 0 Å². The maximum absolute atomic E-state index is 13.3. The number of sulfonamides is 1. The predicted molar refractivity (Wildman–Crippen MR) is 110 cm³/mol. The Morgan fingerprint density at radius 3 is 2.38 bits per heavy atom. The summed E-state index contributed by atoms with van der Waals surface area (Å²) in [5, 5.41) is 2.86. The van der Waals surface area contributed by atoms with Gasteiger partial charge in [-0.1, -0.05) is 30.3 Å². The molecule has 0 spiro atoms. The Kier molecular flexibility index (Phi) is 6.76. The third-order valence-electron chi connectivity index (χ3n) is 4.75. The Morgan fingerprint density at radius 1 is 1.07 bits per heavy atom. The van der Waals surface area contributed by atoms with Crippen molar-refractivity contribution in [3.63, 3.8) is 0 Å². The molecule has 29 heavy (non-hydrogen) atoms. The van der Waals surface area contributed by atoms with E-state index in [2.05, 4.69) is 5.32 Å². The third kappa shape index (κ3) is 5.48. The van der Waals surface area contributed by atoms with E-state index < -0.39 is 10.0 Å². The highest BCUT2D eigenvalue weighted by atomic mass is 32.2. The molecule has 0 aliphatic heterocycles. The molecule has 1 N–H and O–H groups in total. The quantitative estimate of drug-likeness (QED) is 0.640. The van der Waals surface area contributed by atoms with Crippen LogP contribution in [0.3, 0.4) is 0 Å². The standard InChI is InChI=1S/C21H26N2O5S/c1-27-19-11-10-18(14-20(19)28-2)29(25,26)23(15-21(24)22-17-8-9-17)13-12-16-6-4-3-5-7-16/h3-7,10-11,14,17H,8-9,12-13,15H2,1-2H3,(H,22,24). The van der Waals surface area contributed by atoms with E-state index in [1.165, 1.54) is 30.7 Å². The molecule has 1 fully saturated rings. The van der Waals surface area contributed by atoms with Gasteiger partial charge in [-0.2, -0.15) is 4.31 Å². The summed E-state index contributed by atoms with van der Waals surface area (Å²) in [5.74, 6) is 0.470. The second-order valence-corrected chi connectivity index (χ2v) is 8.87. The zero-order valence-corrected chi connectivity index (χ0v) is 17.4. The van der Waals surface area contributed by atoms with Crippen molar-refractivity contribution in [2.75, 3.05) is 27.3 Å². The van der Waals surface area contributed by atoms with Crippen molar-refractivity contribution in [3.05, 3.63) is 54.1 Å². The average molecular weight is 419 g/mol. The number of methoxy groups -OCH3 is 2. The summed E-state index contributed by atoms with van der Waals surface area (Å²) in [7, 11) is -0.967. The fraction of sp³-hybridized carbons (Fsp3) is 0.381. The molecule has 2 aromatic carbocycles. The van der Waals surface area contributed by atoms with E-state index >= 15 is 0 Å². The molecular weight excluding hydrogens is 392 g/mol. The van der Waals surface area contributed by atoms with Crippen molar-refractivity contribution < 1.29 is 22.7 Å². The maximum atomic E-state index is 13.3. The van der Waals surface area contributed by atoms with Gasteiger partial charge >= 0.3 is 0 Å². The first-order valence-electron chi connectivity index (χ1n) is 9.49. The lowest BCUT2D eigenvalue weighted by Gasteiger charge is -2.22. The number of amides is 1. The lowest BCUT2D eigenvalue weighted by Crippen LogP contribution is -2.42. The molecule has 0 heterocycles. The first-order valence-corrected chi connectivity index (χ1v) is 10.9. The van der Waals surface area contributed by atoms with Gasteiger partial charge in [0.15, 0.2) is 11.5 Å². The van der Waals surface area contributed by atoms with Crippen LogP contribution in [0.2, 0.25) is 0 Å². The molecular formula is C21H26N2O5S. The van der Waals surface area contributed by atoms with Crippen LogP contribution in [0, 0.1) is 0 Å². The molecule has 0 radical (unpaired) electrons. The largest absolute Gasteiger partial charge is 0.493 e. The van der Waals surface area contributed by atoms with Crippen molar-refractivity contribution in [3.8, 4) is 11.5 Å². The number of hydrogen-bond acceptors (Lipinski definition) is 5. The minimum atomic E-state index is -3.90. The van der Waals surface area contributed by atoms with E-state index in [1.54, 1.807) is 6.07 Å². The molecule has 0 aromatic heterocycles. The Bertz CT molecular complexity index is 943. The topological polar surface area (TPSA) is 84.9 Å². The summed E-state index contributed by atoms with van der Waals surface area (Å²) in [6, 6.07) is 14.2. The summed E-state index contributed by atoms with van der Waals surface area (Å²) in [6.07, 6.45) is 2.39. The van der Waals surface area contributed by atoms with Crippen LogP contribution in [0.25, 0.3) is 0 Å². The van der Waals surface area contributed by atoms with Crippen LogP contribution in [-0.2, 0) is 21.2 Å². The smallest absolute Gasteiger partial charge is 0.243 e. The molecule has 156 valence electrons. The monoisotopic (exact) mass is 418 g/mol. The molecule has 0 bridgehead atoms. The molecule has 1 amide bonds. The molecule has 2 aromatic rings. The third-order valence-corrected chi connectivity index (χ3v) is 6.59. The number of nitrogens with zero attached hydrogens (tertiary/aromatic N) is 1. The molecule has 1 aliphatic rings. The summed E-state index contributed by atoms with van der Waals surface area (Å²) < 4.78 is 38.3. The van der Waals surface area contributed by atoms with Crippen molar-refractivity contribution in [1.82, 2.24) is 9.62 Å². The van der Waals surface area contributed by atoms with E-state index in [4.69, 9.17) is 9.47 Å². The maximum Gasteiger partial charge on any atom is 0.243 e. The van der Waals surface area contributed by atoms with Crippen LogP contribution in [-0.4, -0.2) is 52.0 Å². The summed E-state index contributed by atoms with van der Waals surface area (Å²) in [6.45, 7) is -0.0290. The van der Waals surface area contributed by atoms with Gasteiger partial charge in [-0.15, -0.1) is 0 Å². The van der Waals surface area contributed by atoms with Crippen LogP contribution in [0.4, 0.5) is 0 Å². The van der Waals surface area contributed by atoms with Crippen LogP contribution >= 0.6 is 0 Å². The average Bonchev–Trinajstić information content (AvgIpc) is 3.55. The number of benzene rings is 2. The minimum absolute atomic E-state index is 0.0578. The van der Waals surface area contributed by atoms with Gasteiger partial charge in [-0.25, -0.2) is 8.42 Å². The van der Waals surface area contributed by atoms with E-state index in [0.717, 1.165) is 18.4 Å². The van der Waals surface area contributed by atoms with E-state index in [9.17, 15) is 13.2 Å². The highest BCUT2D eigenvalue weighted by molar-refractivity contribution is 7.89. The Balaban J connectivity index is 1.84. The van der Waals surface area contributed by atoms with E-state index in [-0.39, 0.29) is 29.9 Å². The molecule has 1 aliphatic carbocycles. The SMILES string of the molecule is COc1ccc(S(=O)(=O)N(CCc2ccccc2)CC(=O)NC2CC2)cc1OC. The highest BCUT2D eigenvalue weighted by Crippen LogP contribution is 2.30. The second kappa shape index (κ2) is 9.28. The predicted octanol–water partition coefficient (Wildman–Crippen LogP) is 2.22. The van der Waals surface area contributed by atoms with Crippen molar-refractivity contribution in [2.24, 2.45) is 0 Å². The van der Waals surface area contributed by atoms with Gasteiger partial charge in [0.05, 0.1) is 25.7 Å². The Hall–Kier alpha value is -2.58. The number of carbonyl (C=O) groups excluding carboxylic acids is 1. The molecule has 3 rings (SSSR count). The van der Waals surface area contributed by atoms with Crippen LogP contribution < -0.4 is 14.8 Å². The zero-order valence-electron chi connectivity index (χ0n) is 16.6. The van der Waals surface area contributed by atoms with Gasteiger partial charge in [-0.05, 0) is 37.0 Å². The van der Waals surface area contributed by atoms with E-state index in [1.807, 2.05) is 30.3 Å². The normalized spacial score (nSPS) is 13.9.